The maximum atomic E-state index is 12.3. The number of allylic oxidation sites excluding steroid dienone is 2. The number of hydrogen-bond acceptors (Lipinski definition) is 7. The number of hydrogen-bond donors (Lipinski definition) is 3. The van der Waals surface area contributed by atoms with Gasteiger partial charge in [0.25, 0.3) is 0 Å². The minimum absolute atomic E-state index is 0.0666. The lowest BCUT2D eigenvalue weighted by molar-refractivity contribution is -0.145. The Morgan fingerprint density at radius 2 is 1.93 bits per heavy atom. The lowest BCUT2D eigenvalue weighted by Crippen LogP contribution is -2.39. The topological polar surface area (TPSA) is 129 Å². The van der Waals surface area contributed by atoms with Crippen LogP contribution < -0.4 is 5.43 Å². The van der Waals surface area contributed by atoms with Crippen molar-refractivity contribution in [2.24, 2.45) is 11.8 Å². The first kappa shape index (κ1) is 24.0. The van der Waals surface area contributed by atoms with Gasteiger partial charge in [0.2, 0.25) is 0 Å². The molecule has 2 heterocycles. The van der Waals surface area contributed by atoms with Gasteiger partial charge in [-0.05, 0) is 39.5 Å². The summed E-state index contributed by atoms with van der Waals surface area (Å²) < 4.78 is 11.7. The highest BCUT2D eigenvalue weighted by molar-refractivity contribution is 5.89. The molecule has 5 atom stereocenters. The van der Waals surface area contributed by atoms with E-state index in [1.807, 2.05) is 19.1 Å². The fourth-order valence-electron chi connectivity index (χ4n) is 4.00. The molecule has 0 radical (unpaired) electrons. The third kappa shape index (κ3) is 6.65. The summed E-state index contributed by atoms with van der Waals surface area (Å²) in [6.07, 6.45) is 7.55. The quantitative estimate of drug-likeness (QED) is 0.198. The van der Waals surface area contributed by atoms with Gasteiger partial charge in [-0.1, -0.05) is 11.6 Å². The van der Waals surface area contributed by atoms with Crippen molar-refractivity contribution < 1.29 is 34.1 Å². The Balaban J connectivity index is 0.000000343. The molecule has 2 fully saturated rings. The summed E-state index contributed by atoms with van der Waals surface area (Å²) in [6.45, 7) is 4.98. The Bertz CT molecular complexity index is 702. The van der Waals surface area contributed by atoms with Crippen LogP contribution in [-0.2, 0) is 23.9 Å². The molecule has 0 saturated carbocycles. The number of hydrazine groups is 1. The standard InChI is InChI=1S/C17H28N2O3.C4H4O4/c1-11-6-5-9-17(2)15(22-17)14-12(8-7-11)13(16(20)21-14)10-18-19(3)4;5-3(6)1-2-4(7)8/h6,12-15,18H,5,7-10H2,1-4H3;1-2H,(H,5,6)(H,7,8)/b11-6+;2-1+/t12-,13-,14-,15-,17+;/m0./s1. The van der Waals surface area contributed by atoms with Crippen molar-refractivity contribution >= 4 is 17.9 Å². The second kappa shape index (κ2) is 10.2. The minimum Gasteiger partial charge on any atom is -0.478 e. The van der Waals surface area contributed by atoms with Gasteiger partial charge in [-0.15, -0.1) is 0 Å². The van der Waals surface area contributed by atoms with E-state index in [9.17, 15) is 14.4 Å². The fraction of sp³-hybridized carbons (Fsp3) is 0.667. The van der Waals surface area contributed by atoms with E-state index >= 15 is 0 Å². The van der Waals surface area contributed by atoms with Gasteiger partial charge in [0.15, 0.2) is 0 Å². The van der Waals surface area contributed by atoms with Crippen molar-refractivity contribution in [2.45, 2.75) is 57.3 Å². The smallest absolute Gasteiger partial charge is 0.328 e. The molecule has 0 spiro atoms. The summed E-state index contributed by atoms with van der Waals surface area (Å²) in [6, 6.07) is 0. The average Bonchev–Trinajstić information content (AvgIpc) is 3.21. The number of carboxylic acids is 2. The lowest BCUT2D eigenvalue weighted by atomic mass is 9.81. The molecule has 168 valence electrons. The second-order valence-electron chi connectivity index (χ2n) is 8.42. The molecule has 30 heavy (non-hydrogen) atoms. The molecule has 1 aliphatic carbocycles. The second-order valence-corrected chi connectivity index (χ2v) is 8.42. The predicted molar refractivity (Wildman–Crippen MR) is 108 cm³/mol. The van der Waals surface area contributed by atoms with Crippen LogP contribution in [0.15, 0.2) is 23.8 Å². The summed E-state index contributed by atoms with van der Waals surface area (Å²) in [4.78, 5) is 31.5. The molecule has 2 aliphatic heterocycles. The normalized spacial score (nSPS) is 34.7. The molecule has 0 aromatic rings. The number of carbonyl (C=O) groups is 3. The highest BCUT2D eigenvalue weighted by atomic mass is 16.6. The first-order valence-corrected chi connectivity index (χ1v) is 10.1. The number of carboxylic acid groups (broad SMARTS) is 2. The third-order valence-corrected chi connectivity index (χ3v) is 5.73. The van der Waals surface area contributed by atoms with E-state index in [1.165, 1.54) is 5.57 Å². The van der Waals surface area contributed by atoms with Crippen molar-refractivity contribution in [1.82, 2.24) is 10.4 Å². The van der Waals surface area contributed by atoms with E-state index in [1.54, 1.807) is 0 Å². The zero-order valence-corrected chi connectivity index (χ0v) is 18.0. The number of aliphatic carboxylic acids is 2. The molecule has 3 N–H and O–H groups in total. The number of fused-ring (bicyclic) bond motifs is 3. The number of nitrogens with zero attached hydrogens (tertiary/aromatic N) is 1. The molecule has 0 aromatic carbocycles. The molecule has 3 aliphatic rings. The molecule has 0 unspecified atom stereocenters. The largest absolute Gasteiger partial charge is 0.478 e. The molecule has 0 aromatic heterocycles. The van der Waals surface area contributed by atoms with Crippen LogP contribution in [-0.4, -0.2) is 71.6 Å². The molecule has 9 nitrogen and oxygen atoms in total. The van der Waals surface area contributed by atoms with Crippen LogP contribution in [0.4, 0.5) is 0 Å². The summed E-state index contributed by atoms with van der Waals surface area (Å²) in [7, 11) is 3.89. The van der Waals surface area contributed by atoms with Crippen LogP contribution >= 0.6 is 0 Å². The Morgan fingerprint density at radius 1 is 1.30 bits per heavy atom. The first-order chi connectivity index (χ1) is 14.0. The highest BCUT2D eigenvalue weighted by Crippen LogP contribution is 2.50. The van der Waals surface area contributed by atoms with E-state index in [2.05, 4.69) is 25.3 Å². The van der Waals surface area contributed by atoms with Gasteiger partial charge < -0.3 is 19.7 Å². The molecule has 9 heteroatoms. The Labute approximate surface area is 176 Å². The Kier molecular flexibility index (Phi) is 8.17. The molecule has 0 bridgehead atoms. The van der Waals surface area contributed by atoms with E-state index in [0.717, 1.165) is 25.7 Å². The van der Waals surface area contributed by atoms with Crippen LogP contribution in [0.3, 0.4) is 0 Å². The third-order valence-electron chi connectivity index (χ3n) is 5.73. The van der Waals surface area contributed by atoms with E-state index in [-0.39, 0.29) is 35.6 Å². The molecular weight excluding hydrogens is 392 g/mol. The minimum atomic E-state index is -1.26. The predicted octanol–water partition coefficient (Wildman–Crippen LogP) is 1.60. The van der Waals surface area contributed by atoms with Crippen molar-refractivity contribution in [3.63, 3.8) is 0 Å². The van der Waals surface area contributed by atoms with Gasteiger partial charge in [0.1, 0.15) is 12.2 Å². The summed E-state index contributed by atoms with van der Waals surface area (Å²) >= 11 is 0. The van der Waals surface area contributed by atoms with E-state index < -0.39 is 11.9 Å². The molecule has 0 amide bonds. The van der Waals surface area contributed by atoms with Gasteiger partial charge in [-0.25, -0.2) is 9.59 Å². The summed E-state index contributed by atoms with van der Waals surface area (Å²) in [5.74, 6) is -2.41. The monoisotopic (exact) mass is 424 g/mol. The van der Waals surface area contributed by atoms with Crippen LogP contribution in [0, 0.1) is 11.8 Å². The molecule has 3 rings (SSSR count). The first-order valence-electron chi connectivity index (χ1n) is 10.1. The van der Waals surface area contributed by atoms with Crippen molar-refractivity contribution in [3.05, 3.63) is 23.8 Å². The van der Waals surface area contributed by atoms with E-state index in [4.69, 9.17) is 19.7 Å². The van der Waals surface area contributed by atoms with Crippen LogP contribution in [0.1, 0.15) is 39.5 Å². The number of esters is 1. The van der Waals surface area contributed by atoms with Crippen LogP contribution in [0.2, 0.25) is 0 Å². The van der Waals surface area contributed by atoms with Crippen LogP contribution in [0.5, 0.6) is 0 Å². The highest BCUT2D eigenvalue weighted by Gasteiger charge is 2.62. The summed E-state index contributed by atoms with van der Waals surface area (Å²) in [5, 5.41) is 17.5. The van der Waals surface area contributed by atoms with Crippen molar-refractivity contribution in [2.75, 3.05) is 20.6 Å². The van der Waals surface area contributed by atoms with Gasteiger partial charge >= 0.3 is 17.9 Å². The van der Waals surface area contributed by atoms with Gasteiger partial charge in [0, 0.05) is 38.7 Å². The average molecular weight is 424 g/mol. The fourth-order valence-corrected chi connectivity index (χ4v) is 4.00. The number of ether oxygens (including phenoxy) is 2. The number of carbonyl (C=O) groups excluding carboxylic acids is 1. The molecule has 2 saturated heterocycles. The maximum absolute atomic E-state index is 12.3. The Morgan fingerprint density at radius 3 is 2.50 bits per heavy atom. The van der Waals surface area contributed by atoms with E-state index in [0.29, 0.717) is 18.7 Å². The zero-order valence-electron chi connectivity index (χ0n) is 18.0. The van der Waals surface area contributed by atoms with Gasteiger partial charge in [-0.2, -0.15) is 0 Å². The van der Waals surface area contributed by atoms with Crippen LogP contribution in [0.25, 0.3) is 0 Å². The lowest BCUT2D eigenvalue weighted by Gasteiger charge is -2.23. The van der Waals surface area contributed by atoms with Crippen molar-refractivity contribution in [3.8, 4) is 0 Å². The number of epoxide rings is 1. The van der Waals surface area contributed by atoms with Gasteiger partial charge in [-0.3, -0.25) is 15.2 Å². The number of nitrogens with one attached hydrogen (secondary N) is 1. The van der Waals surface area contributed by atoms with Crippen molar-refractivity contribution in [1.29, 1.82) is 0 Å². The molecular formula is C21H32N2O7. The Hall–Kier alpha value is -2.23. The SMILES string of the molecule is C/C1=C\CC[C@@]2(C)O[C@H]2[C@H]2OC(=O)[C@@H](CNN(C)C)[C@@H]2CC1.O=C(O)/C=C/C(=O)O. The summed E-state index contributed by atoms with van der Waals surface area (Å²) in [5.41, 5.74) is 4.55. The maximum Gasteiger partial charge on any atom is 0.328 e. The number of rotatable bonds is 5. The van der Waals surface area contributed by atoms with Gasteiger partial charge in [0.05, 0.1) is 11.5 Å². The zero-order chi connectivity index (χ0) is 22.5.